The summed E-state index contributed by atoms with van der Waals surface area (Å²) in [6.07, 6.45) is 6.59. The highest BCUT2D eigenvalue weighted by molar-refractivity contribution is 5.91. The Bertz CT molecular complexity index is 1810. The number of aromatic nitrogens is 4. The number of hydrogen-bond donors (Lipinski definition) is 1. The number of allylic oxidation sites excluding steroid dienone is 1. The molecule has 1 aliphatic rings. The van der Waals surface area contributed by atoms with E-state index in [9.17, 15) is 19.1 Å². The predicted octanol–water partition coefficient (Wildman–Crippen LogP) is 5.04. The van der Waals surface area contributed by atoms with Gasteiger partial charge in [-0.2, -0.15) is 4.98 Å². The van der Waals surface area contributed by atoms with E-state index < -0.39 is 40.4 Å². The number of phenolic OH excluding ortho intramolecular Hbond substituents is 1. The Balaban J connectivity index is 1.85. The zero-order valence-electron chi connectivity index (χ0n) is 24.4. The molecule has 0 aliphatic carbocycles. The molecule has 3 aromatic heterocycles. The molecule has 4 heterocycles. The lowest BCUT2D eigenvalue weighted by molar-refractivity contribution is -0.126. The van der Waals surface area contributed by atoms with Crippen LogP contribution in [0.5, 0.6) is 5.75 Å². The average Bonchev–Trinajstić information content (AvgIpc) is 2.97. The number of nitrogens with zero attached hydrogens (tertiary/aromatic N) is 6. The third-order valence-corrected chi connectivity index (χ3v) is 7.55. The van der Waals surface area contributed by atoms with Crippen LogP contribution >= 0.6 is 0 Å². The van der Waals surface area contributed by atoms with E-state index in [2.05, 4.69) is 21.5 Å². The Morgan fingerprint density at radius 3 is 2.60 bits per heavy atom. The molecule has 0 saturated carbocycles. The summed E-state index contributed by atoms with van der Waals surface area (Å²) in [5.41, 5.74) is 0.218. The summed E-state index contributed by atoms with van der Waals surface area (Å²) in [7, 11) is 0. The number of carbonyl (C=O) groups excluding carboxylic acids is 1. The Hall–Kier alpha value is -4.93. The van der Waals surface area contributed by atoms with E-state index >= 15 is 4.39 Å². The number of aromatic hydroxyl groups is 1. The zero-order chi connectivity index (χ0) is 31.0. The van der Waals surface area contributed by atoms with Crippen LogP contribution in [-0.4, -0.2) is 61.1 Å². The van der Waals surface area contributed by atoms with Crippen LogP contribution in [0.25, 0.3) is 28.0 Å². The van der Waals surface area contributed by atoms with Crippen LogP contribution in [0.4, 0.5) is 14.6 Å². The number of hydrogen-bond acceptors (Lipinski definition) is 7. The fourth-order valence-electron chi connectivity index (χ4n) is 5.52. The van der Waals surface area contributed by atoms with Gasteiger partial charge in [-0.15, -0.1) is 0 Å². The quantitative estimate of drug-likeness (QED) is 0.249. The molecule has 1 amide bonds. The first-order valence-corrected chi connectivity index (χ1v) is 13.9. The highest BCUT2D eigenvalue weighted by Gasteiger charge is 2.32. The summed E-state index contributed by atoms with van der Waals surface area (Å²) in [4.78, 5) is 43.4. The van der Waals surface area contributed by atoms with Crippen LogP contribution in [0.1, 0.15) is 37.9 Å². The van der Waals surface area contributed by atoms with E-state index in [4.69, 9.17) is 0 Å². The summed E-state index contributed by atoms with van der Waals surface area (Å²) >= 11 is 0. The highest BCUT2D eigenvalue weighted by atomic mass is 19.1. The molecule has 1 fully saturated rings. The third kappa shape index (κ3) is 5.26. The van der Waals surface area contributed by atoms with E-state index in [0.717, 1.165) is 12.1 Å². The minimum atomic E-state index is -0.906. The molecule has 0 radical (unpaired) electrons. The number of benzene rings is 1. The normalized spacial score (nSPS) is 15.6. The van der Waals surface area contributed by atoms with Crippen molar-refractivity contribution < 1.29 is 18.7 Å². The van der Waals surface area contributed by atoms with Gasteiger partial charge in [0.25, 0.3) is 0 Å². The van der Waals surface area contributed by atoms with Crippen LogP contribution in [0.3, 0.4) is 0 Å². The molecular weight excluding hydrogens is 554 g/mol. The zero-order valence-corrected chi connectivity index (χ0v) is 24.4. The lowest BCUT2D eigenvalue weighted by atomic mass is 10.0. The number of pyridine rings is 2. The molecule has 5 rings (SSSR count). The molecule has 43 heavy (non-hydrogen) atoms. The molecule has 9 nitrogen and oxygen atoms in total. The van der Waals surface area contributed by atoms with Crippen LogP contribution in [0, 0.1) is 18.6 Å². The number of aryl methyl sites for hydroxylation is 1. The molecule has 0 bridgehead atoms. The van der Waals surface area contributed by atoms with Gasteiger partial charge in [0.05, 0.1) is 28.4 Å². The van der Waals surface area contributed by atoms with Crippen molar-refractivity contribution in [2.45, 2.75) is 39.7 Å². The topological polar surface area (TPSA) is 104 Å². The maximum Gasteiger partial charge on any atom is 0.355 e. The van der Waals surface area contributed by atoms with Gasteiger partial charge in [0.1, 0.15) is 23.1 Å². The molecule has 1 unspecified atom stereocenters. The van der Waals surface area contributed by atoms with Gasteiger partial charge >= 0.3 is 5.69 Å². The summed E-state index contributed by atoms with van der Waals surface area (Å²) in [6.45, 7) is 12.0. The van der Waals surface area contributed by atoms with Gasteiger partial charge in [0.15, 0.2) is 11.5 Å². The Labute approximate surface area is 247 Å². The first kappa shape index (κ1) is 29.6. The number of carbonyl (C=O) groups is 1. The molecule has 4 aromatic rings. The van der Waals surface area contributed by atoms with Crippen molar-refractivity contribution in [3.63, 3.8) is 0 Å². The number of rotatable bonds is 6. The largest absolute Gasteiger partial charge is 0.507 e. The Kier molecular flexibility index (Phi) is 8.08. The Morgan fingerprint density at radius 2 is 1.93 bits per heavy atom. The van der Waals surface area contributed by atoms with Crippen LogP contribution in [0.15, 0.2) is 66.1 Å². The molecule has 1 aromatic carbocycles. The van der Waals surface area contributed by atoms with E-state index in [0.29, 0.717) is 30.0 Å². The van der Waals surface area contributed by atoms with Crippen molar-refractivity contribution in [1.82, 2.24) is 24.4 Å². The smallest absolute Gasteiger partial charge is 0.355 e. The second kappa shape index (κ2) is 11.7. The van der Waals surface area contributed by atoms with Crippen LogP contribution in [-0.2, 0) is 4.79 Å². The van der Waals surface area contributed by atoms with Crippen molar-refractivity contribution in [1.29, 1.82) is 0 Å². The number of phenols is 1. The number of halogens is 2. The molecule has 1 aliphatic heterocycles. The number of fused-ring (bicyclic) bond motifs is 1. The second-order valence-corrected chi connectivity index (χ2v) is 10.7. The van der Waals surface area contributed by atoms with Crippen LogP contribution in [0.2, 0.25) is 0 Å². The average molecular weight is 587 g/mol. The van der Waals surface area contributed by atoms with Crippen molar-refractivity contribution in [3.8, 4) is 22.7 Å². The van der Waals surface area contributed by atoms with Gasteiger partial charge in [-0.1, -0.05) is 38.6 Å². The van der Waals surface area contributed by atoms with Crippen LogP contribution < -0.4 is 10.6 Å². The standard InChI is InChI=1S/C32H32F2N6O3/c1-6-9-20-17-38(25(42)7-2)14-15-39(20)30-21-16-23(34)28(26-22(33)10-8-11-24(26)41)36-31(21)40(32(43)37-30)29-19(5)12-13-35-27(29)18(3)4/h6-13,16,18,20,41H,2,14-15,17H2,1,3-5H3/b9-6+. The monoisotopic (exact) mass is 586 g/mol. The maximum atomic E-state index is 15.9. The fourth-order valence-corrected chi connectivity index (χ4v) is 5.52. The van der Waals surface area contributed by atoms with Gasteiger partial charge in [-0.05, 0) is 55.7 Å². The van der Waals surface area contributed by atoms with Crippen molar-refractivity contribution in [2.24, 2.45) is 0 Å². The summed E-state index contributed by atoms with van der Waals surface area (Å²) in [5, 5.41) is 10.7. The summed E-state index contributed by atoms with van der Waals surface area (Å²) in [6, 6.07) is 6.16. The second-order valence-electron chi connectivity index (χ2n) is 10.7. The summed E-state index contributed by atoms with van der Waals surface area (Å²) < 4.78 is 32.2. The number of anilines is 1. The van der Waals surface area contributed by atoms with E-state index in [1.54, 1.807) is 17.2 Å². The SMILES string of the molecule is C=CC(=O)N1CCN(c2nc(=O)n(-c3c(C)ccnc3C(C)C)c3nc(-c4c(O)cccc4F)c(F)cc23)C(/C=C/C)C1. The molecular formula is C32H32F2N6O3. The first-order valence-electron chi connectivity index (χ1n) is 13.9. The molecule has 1 saturated heterocycles. The van der Waals surface area contributed by atoms with E-state index in [-0.39, 0.29) is 35.2 Å². The van der Waals surface area contributed by atoms with Gasteiger partial charge in [0, 0.05) is 25.8 Å². The summed E-state index contributed by atoms with van der Waals surface area (Å²) in [5.74, 6) is -2.42. The van der Waals surface area contributed by atoms with Crippen molar-refractivity contribution in [3.05, 3.63) is 94.7 Å². The third-order valence-electron chi connectivity index (χ3n) is 7.55. The minimum Gasteiger partial charge on any atom is -0.507 e. The van der Waals surface area contributed by atoms with Gasteiger partial charge in [0.2, 0.25) is 5.91 Å². The molecule has 1 N–H and O–H groups in total. The van der Waals surface area contributed by atoms with Crippen molar-refractivity contribution >= 4 is 22.8 Å². The molecule has 11 heteroatoms. The van der Waals surface area contributed by atoms with Crippen molar-refractivity contribution in [2.75, 3.05) is 24.5 Å². The first-order chi connectivity index (χ1) is 20.6. The lowest BCUT2D eigenvalue weighted by Gasteiger charge is -2.41. The van der Waals surface area contributed by atoms with Gasteiger partial charge in [-0.25, -0.2) is 23.1 Å². The number of piperazine rings is 1. The fraction of sp³-hybridized carbons (Fsp3) is 0.281. The van der Waals surface area contributed by atoms with Gasteiger partial charge < -0.3 is 14.9 Å². The lowest BCUT2D eigenvalue weighted by Crippen LogP contribution is -2.54. The molecule has 222 valence electrons. The predicted molar refractivity (Wildman–Crippen MR) is 161 cm³/mol. The molecule has 1 atom stereocenters. The molecule has 0 spiro atoms. The van der Waals surface area contributed by atoms with E-state index in [1.165, 1.54) is 22.8 Å². The van der Waals surface area contributed by atoms with E-state index in [1.807, 2.05) is 44.7 Å². The number of amides is 1. The maximum absolute atomic E-state index is 15.9. The Morgan fingerprint density at radius 1 is 1.16 bits per heavy atom. The minimum absolute atomic E-state index is 0.0240. The highest BCUT2D eigenvalue weighted by Crippen LogP contribution is 2.37. The van der Waals surface area contributed by atoms with Gasteiger partial charge in [-0.3, -0.25) is 9.78 Å².